The summed E-state index contributed by atoms with van der Waals surface area (Å²) in [5.74, 6) is 0. The average Bonchev–Trinajstić information content (AvgIpc) is 2.84. The zero-order valence-corrected chi connectivity index (χ0v) is 8.42. The molecular weight excluding hydrogens is 179 g/mol. The third-order valence-electron chi connectivity index (χ3n) is 1.27. The van der Waals surface area contributed by atoms with Crippen LogP contribution in [-0.4, -0.2) is 24.2 Å². The molecule has 1 N–H and O–H groups in total. The van der Waals surface area contributed by atoms with Crippen molar-refractivity contribution in [2.24, 2.45) is 0 Å². The molecular formula is C7H16O4P+. The average molecular weight is 195 g/mol. The lowest BCUT2D eigenvalue weighted by Crippen LogP contribution is -1.93. The first-order valence-electron chi connectivity index (χ1n) is 4.11. The van der Waals surface area contributed by atoms with Crippen LogP contribution in [0.4, 0.5) is 0 Å². The number of hydrogen-bond donors (Lipinski definition) is 1. The molecule has 1 rings (SSSR count). The molecule has 12 heavy (non-hydrogen) atoms. The van der Waals surface area contributed by atoms with Crippen molar-refractivity contribution in [3.05, 3.63) is 0 Å². The van der Waals surface area contributed by atoms with E-state index in [1.54, 1.807) is 0 Å². The highest BCUT2D eigenvalue weighted by Gasteiger charge is 2.27. The van der Waals surface area contributed by atoms with Crippen LogP contribution in [0.3, 0.4) is 0 Å². The number of rotatable bonds is 4. The lowest BCUT2D eigenvalue weighted by atomic mass is 10.4. The van der Waals surface area contributed by atoms with Crippen LogP contribution in [0.2, 0.25) is 0 Å². The Morgan fingerprint density at radius 3 is 2.33 bits per heavy atom. The van der Waals surface area contributed by atoms with Gasteiger partial charge in [-0.3, -0.25) is 0 Å². The summed E-state index contributed by atoms with van der Waals surface area (Å²) in [4.78, 5) is 8.06. The minimum Gasteiger partial charge on any atom is -0.370 e. The van der Waals surface area contributed by atoms with Crippen molar-refractivity contribution < 1.29 is 18.7 Å². The Balaban J connectivity index is 0.000000261. The standard InChI is InChI=1S/C4H10.C3H5O4P/c1-3-4-2;4-8(5)7-2-3-1-6-3/h3-4H2,1-2H3;3H,1-2H2/p+1. The second-order valence-electron chi connectivity index (χ2n) is 2.49. The van der Waals surface area contributed by atoms with E-state index in [1.165, 1.54) is 12.8 Å². The molecule has 2 atom stereocenters. The van der Waals surface area contributed by atoms with Gasteiger partial charge in [0, 0.05) is 4.57 Å². The van der Waals surface area contributed by atoms with Gasteiger partial charge in [0.25, 0.3) is 0 Å². The molecule has 0 aromatic carbocycles. The Morgan fingerprint density at radius 1 is 1.58 bits per heavy atom. The minimum atomic E-state index is -2.42. The second kappa shape index (κ2) is 7.62. The van der Waals surface area contributed by atoms with Gasteiger partial charge in [0.05, 0.1) is 6.61 Å². The molecule has 0 aliphatic carbocycles. The summed E-state index contributed by atoms with van der Waals surface area (Å²) in [6, 6.07) is 0. The zero-order valence-electron chi connectivity index (χ0n) is 7.52. The highest BCUT2D eigenvalue weighted by Crippen LogP contribution is 2.18. The Bertz CT molecular complexity index is 123. The van der Waals surface area contributed by atoms with Gasteiger partial charge in [0.1, 0.15) is 12.7 Å². The molecule has 0 aromatic heterocycles. The van der Waals surface area contributed by atoms with E-state index in [4.69, 9.17) is 9.63 Å². The van der Waals surface area contributed by atoms with Gasteiger partial charge in [-0.1, -0.05) is 26.7 Å². The maximum Gasteiger partial charge on any atom is 0.694 e. The maximum atomic E-state index is 9.80. The van der Waals surface area contributed by atoms with Crippen LogP contribution >= 0.6 is 8.25 Å². The highest BCUT2D eigenvalue weighted by atomic mass is 31.1. The van der Waals surface area contributed by atoms with Gasteiger partial charge >= 0.3 is 8.25 Å². The second-order valence-corrected chi connectivity index (χ2v) is 3.22. The van der Waals surface area contributed by atoms with E-state index in [0.29, 0.717) is 6.61 Å². The fraction of sp³-hybridized carbons (Fsp3) is 1.00. The van der Waals surface area contributed by atoms with Gasteiger partial charge in [0.2, 0.25) is 0 Å². The smallest absolute Gasteiger partial charge is 0.370 e. The van der Waals surface area contributed by atoms with Gasteiger partial charge in [-0.05, 0) is 0 Å². The predicted octanol–water partition coefficient (Wildman–Crippen LogP) is 1.86. The molecule has 0 saturated carbocycles. The quantitative estimate of drug-likeness (QED) is 0.549. The van der Waals surface area contributed by atoms with E-state index >= 15 is 0 Å². The number of unbranched alkanes of at least 4 members (excludes halogenated alkanes) is 1. The molecule has 5 heteroatoms. The number of ether oxygens (including phenoxy) is 1. The molecule has 72 valence electrons. The van der Waals surface area contributed by atoms with Crippen molar-refractivity contribution in [2.75, 3.05) is 13.2 Å². The summed E-state index contributed by atoms with van der Waals surface area (Å²) < 4.78 is 18.8. The zero-order chi connectivity index (χ0) is 9.40. The van der Waals surface area contributed by atoms with Gasteiger partial charge in [-0.2, -0.15) is 0 Å². The Kier molecular flexibility index (Phi) is 7.61. The van der Waals surface area contributed by atoms with E-state index in [2.05, 4.69) is 18.4 Å². The molecule has 0 amide bonds. The number of epoxide rings is 1. The first-order chi connectivity index (χ1) is 5.70. The Labute approximate surface area is 73.8 Å². The molecule has 1 aliphatic rings. The largest absolute Gasteiger partial charge is 0.694 e. The Hall–Kier alpha value is -0.0200. The first-order valence-corrected chi connectivity index (χ1v) is 5.24. The normalized spacial score (nSPS) is 20.9. The maximum absolute atomic E-state index is 9.80. The predicted molar refractivity (Wildman–Crippen MR) is 46.1 cm³/mol. The topological polar surface area (TPSA) is 59.1 Å². The summed E-state index contributed by atoms with van der Waals surface area (Å²) in [6.07, 6.45) is 2.71. The molecule has 1 fully saturated rings. The van der Waals surface area contributed by atoms with Crippen LogP contribution < -0.4 is 0 Å². The third kappa shape index (κ3) is 9.98. The monoisotopic (exact) mass is 195 g/mol. The number of hydrogen-bond acceptors (Lipinski definition) is 3. The molecule has 0 spiro atoms. The third-order valence-corrected chi connectivity index (χ3v) is 1.64. The van der Waals surface area contributed by atoms with Gasteiger partial charge in [0.15, 0.2) is 0 Å². The SMILES string of the molecule is CCCC.O=[P+](O)OCC1CO1. The lowest BCUT2D eigenvalue weighted by Gasteiger charge is -1.77. The summed E-state index contributed by atoms with van der Waals surface area (Å²) in [5, 5.41) is 0. The summed E-state index contributed by atoms with van der Waals surface area (Å²) in [5.41, 5.74) is 0. The lowest BCUT2D eigenvalue weighted by molar-refractivity contribution is 0.244. The van der Waals surface area contributed by atoms with Crippen molar-refractivity contribution >= 4 is 8.25 Å². The van der Waals surface area contributed by atoms with Crippen molar-refractivity contribution in [3.8, 4) is 0 Å². The van der Waals surface area contributed by atoms with Crippen LogP contribution in [0.15, 0.2) is 0 Å². The van der Waals surface area contributed by atoms with E-state index in [-0.39, 0.29) is 12.7 Å². The first kappa shape index (κ1) is 12.0. The summed E-state index contributed by atoms with van der Waals surface area (Å²) >= 11 is 0. The molecule has 1 saturated heterocycles. The van der Waals surface area contributed by atoms with Crippen LogP contribution in [0.5, 0.6) is 0 Å². The van der Waals surface area contributed by atoms with Gasteiger partial charge < -0.3 is 4.74 Å². The van der Waals surface area contributed by atoms with E-state index in [0.717, 1.165) is 0 Å². The van der Waals surface area contributed by atoms with E-state index < -0.39 is 8.25 Å². The molecule has 0 radical (unpaired) electrons. The molecule has 4 nitrogen and oxygen atoms in total. The van der Waals surface area contributed by atoms with Crippen molar-refractivity contribution in [3.63, 3.8) is 0 Å². The van der Waals surface area contributed by atoms with Crippen LogP contribution in [0.25, 0.3) is 0 Å². The van der Waals surface area contributed by atoms with Gasteiger partial charge in [-0.15, -0.1) is 9.42 Å². The fourth-order valence-corrected chi connectivity index (χ4v) is 0.605. The van der Waals surface area contributed by atoms with Crippen LogP contribution in [-0.2, 0) is 13.8 Å². The van der Waals surface area contributed by atoms with Crippen LogP contribution in [0, 0.1) is 0 Å². The molecule has 2 unspecified atom stereocenters. The van der Waals surface area contributed by atoms with Crippen LogP contribution in [0.1, 0.15) is 26.7 Å². The van der Waals surface area contributed by atoms with Crippen molar-refractivity contribution in [1.29, 1.82) is 0 Å². The highest BCUT2D eigenvalue weighted by molar-refractivity contribution is 7.32. The summed E-state index contributed by atoms with van der Waals surface area (Å²) in [7, 11) is -2.42. The molecule has 0 aromatic rings. The van der Waals surface area contributed by atoms with E-state index in [1.807, 2.05) is 0 Å². The minimum absolute atomic E-state index is 0.0705. The molecule has 1 heterocycles. The Morgan fingerprint density at radius 2 is 2.08 bits per heavy atom. The fourth-order valence-electron chi connectivity index (χ4n) is 0.311. The molecule has 1 aliphatic heterocycles. The van der Waals surface area contributed by atoms with Gasteiger partial charge in [-0.25, -0.2) is 0 Å². The van der Waals surface area contributed by atoms with E-state index in [9.17, 15) is 4.57 Å². The summed E-state index contributed by atoms with van der Waals surface area (Å²) in [6.45, 7) is 5.26. The van der Waals surface area contributed by atoms with Crippen molar-refractivity contribution in [1.82, 2.24) is 0 Å². The van der Waals surface area contributed by atoms with Crippen molar-refractivity contribution in [2.45, 2.75) is 32.8 Å². The molecule has 0 bridgehead atoms.